The Bertz CT molecular complexity index is 952. The number of thioether (sulfide) groups is 1. The summed E-state index contributed by atoms with van der Waals surface area (Å²) in [6.45, 7) is 6.82. The van der Waals surface area contributed by atoms with Crippen LogP contribution in [0.4, 0.5) is 0 Å². The van der Waals surface area contributed by atoms with Crippen LogP contribution < -0.4 is 20.8 Å². The van der Waals surface area contributed by atoms with E-state index in [1.807, 2.05) is 13.2 Å². The van der Waals surface area contributed by atoms with Crippen LogP contribution >= 0.6 is 11.8 Å². The minimum absolute atomic E-state index is 0.265. The van der Waals surface area contributed by atoms with Gasteiger partial charge in [0.1, 0.15) is 11.3 Å². The van der Waals surface area contributed by atoms with Crippen LogP contribution in [0.15, 0.2) is 21.3 Å². The van der Waals surface area contributed by atoms with Crippen molar-refractivity contribution in [3.63, 3.8) is 0 Å². The summed E-state index contributed by atoms with van der Waals surface area (Å²) >= 11 is 1.48. The van der Waals surface area contributed by atoms with Gasteiger partial charge in [-0.3, -0.25) is 4.79 Å². The van der Waals surface area contributed by atoms with Gasteiger partial charge in [-0.2, -0.15) is 11.8 Å². The van der Waals surface area contributed by atoms with Gasteiger partial charge in [-0.05, 0) is 63.8 Å². The summed E-state index contributed by atoms with van der Waals surface area (Å²) < 4.78 is 11.1. The molecule has 152 valence electrons. The third-order valence-electron chi connectivity index (χ3n) is 4.71. The Hall–Kier alpha value is -2.48. The fourth-order valence-electron chi connectivity index (χ4n) is 2.77. The van der Waals surface area contributed by atoms with E-state index in [-0.39, 0.29) is 6.42 Å². The van der Waals surface area contributed by atoms with Gasteiger partial charge in [0.15, 0.2) is 6.10 Å². The molecule has 7 nitrogen and oxygen atoms in total. The standard InChI is InChI=1S/C20H25NO6S/c1-10-11(2)20(25)27-17-12(3)16(7-6-14(10)17)26-13(4)18(22)21-15(19(23)24)8-9-28-5/h6-7,13,15H,8-9H2,1-5H3,(H,21,22)(H,23,24)/p-1/t13-,15+/m1/s1. The number of carboxylic acid groups (broad SMARTS) is 1. The van der Waals surface area contributed by atoms with E-state index in [2.05, 4.69) is 5.32 Å². The van der Waals surface area contributed by atoms with Gasteiger partial charge in [-0.15, -0.1) is 0 Å². The highest BCUT2D eigenvalue weighted by atomic mass is 32.2. The first-order valence-corrected chi connectivity index (χ1v) is 10.3. The molecule has 0 saturated carbocycles. The van der Waals surface area contributed by atoms with Crippen molar-refractivity contribution in [3.05, 3.63) is 39.2 Å². The van der Waals surface area contributed by atoms with Crippen LogP contribution in [0.2, 0.25) is 0 Å². The van der Waals surface area contributed by atoms with E-state index < -0.39 is 29.6 Å². The lowest BCUT2D eigenvalue weighted by atomic mass is 10.0. The number of aryl methyl sites for hydroxylation is 2. The van der Waals surface area contributed by atoms with Crippen molar-refractivity contribution in [2.75, 3.05) is 12.0 Å². The van der Waals surface area contributed by atoms with E-state index in [1.165, 1.54) is 18.7 Å². The number of benzene rings is 1. The number of fused-ring (bicyclic) bond motifs is 1. The monoisotopic (exact) mass is 406 g/mol. The van der Waals surface area contributed by atoms with Gasteiger partial charge >= 0.3 is 5.63 Å². The van der Waals surface area contributed by atoms with E-state index >= 15 is 0 Å². The average Bonchev–Trinajstić information content (AvgIpc) is 2.65. The van der Waals surface area contributed by atoms with E-state index in [0.29, 0.717) is 28.2 Å². The summed E-state index contributed by atoms with van der Waals surface area (Å²) in [4.78, 5) is 35.5. The van der Waals surface area contributed by atoms with Crippen molar-refractivity contribution >= 4 is 34.6 Å². The molecule has 8 heteroatoms. The fraction of sp³-hybridized carbons (Fsp3) is 0.450. The molecule has 1 amide bonds. The molecule has 1 aromatic carbocycles. The fourth-order valence-corrected chi connectivity index (χ4v) is 3.24. The minimum atomic E-state index is -1.33. The van der Waals surface area contributed by atoms with E-state index in [1.54, 1.807) is 26.0 Å². The molecule has 0 saturated heterocycles. The first-order valence-electron chi connectivity index (χ1n) is 8.87. The molecule has 0 spiro atoms. The molecular formula is C20H24NO6S-. The summed E-state index contributed by atoms with van der Waals surface area (Å²) in [6, 6.07) is 2.40. The Morgan fingerprint density at radius 3 is 2.50 bits per heavy atom. The van der Waals surface area contributed by atoms with Crippen molar-refractivity contribution in [3.8, 4) is 5.75 Å². The van der Waals surface area contributed by atoms with E-state index in [9.17, 15) is 19.5 Å². The molecule has 0 aliphatic carbocycles. The summed E-state index contributed by atoms with van der Waals surface area (Å²) in [5.74, 6) is -0.924. The highest BCUT2D eigenvalue weighted by Crippen LogP contribution is 2.29. The number of hydrogen-bond donors (Lipinski definition) is 1. The SMILES string of the molecule is CSCC[C@H](NC(=O)[C@@H](C)Oc1ccc2c(C)c(C)c(=O)oc2c1C)C(=O)[O-]. The number of aliphatic carboxylic acids is 1. The first-order chi connectivity index (χ1) is 13.2. The van der Waals surface area contributed by atoms with Gasteiger partial charge in [0.2, 0.25) is 0 Å². The van der Waals surface area contributed by atoms with E-state index in [4.69, 9.17) is 9.15 Å². The molecule has 1 aromatic heterocycles. The number of hydrogen-bond acceptors (Lipinski definition) is 7. The Labute approximate surface area is 167 Å². The molecular weight excluding hydrogens is 382 g/mol. The predicted octanol–water partition coefficient (Wildman–Crippen LogP) is 1.47. The highest BCUT2D eigenvalue weighted by molar-refractivity contribution is 7.98. The van der Waals surface area contributed by atoms with Crippen molar-refractivity contribution in [2.45, 2.75) is 46.3 Å². The lowest BCUT2D eigenvalue weighted by Gasteiger charge is -2.22. The number of rotatable bonds is 8. The molecule has 2 atom stereocenters. The van der Waals surface area contributed by atoms with Crippen LogP contribution in [0.1, 0.15) is 30.0 Å². The maximum absolute atomic E-state index is 12.3. The zero-order valence-corrected chi connectivity index (χ0v) is 17.4. The lowest BCUT2D eigenvalue weighted by molar-refractivity contribution is -0.308. The van der Waals surface area contributed by atoms with Gasteiger partial charge in [0.25, 0.3) is 5.91 Å². The molecule has 0 aliphatic heterocycles. The number of ether oxygens (including phenoxy) is 1. The molecule has 0 unspecified atom stereocenters. The number of carbonyl (C=O) groups excluding carboxylic acids is 2. The Morgan fingerprint density at radius 2 is 1.89 bits per heavy atom. The van der Waals surface area contributed by atoms with Crippen LogP contribution in [0.25, 0.3) is 11.0 Å². The third-order valence-corrected chi connectivity index (χ3v) is 5.35. The molecule has 28 heavy (non-hydrogen) atoms. The van der Waals surface area contributed by atoms with Crippen molar-refractivity contribution in [1.82, 2.24) is 5.32 Å². The van der Waals surface area contributed by atoms with Gasteiger partial charge < -0.3 is 24.4 Å². The van der Waals surface area contributed by atoms with Crippen molar-refractivity contribution < 1.29 is 23.8 Å². The third kappa shape index (κ3) is 4.67. The summed E-state index contributed by atoms with van der Waals surface area (Å²) in [6.07, 6.45) is 1.18. The van der Waals surface area contributed by atoms with Crippen LogP contribution in [-0.4, -0.2) is 36.0 Å². The second-order valence-electron chi connectivity index (χ2n) is 6.63. The Kier molecular flexibility index (Phi) is 7.12. The molecule has 2 rings (SSSR count). The molecule has 0 fully saturated rings. The predicted molar refractivity (Wildman–Crippen MR) is 107 cm³/mol. The number of carbonyl (C=O) groups is 2. The van der Waals surface area contributed by atoms with Gasteiger partial charge in [0.05, 0.1) is 12.0 Å². The molecule has 0 bridgehead atoms. The van der Waals surface area contributed by atoms with Gasteiger partial charge in [0, 0.05) is 16.5 Å². The number of amides is 1. The quantitative estimate of drug-likeness (QED) is 0.661. The smallest absolute Gasteiger partial charge is 0.339 e. The van der Waals surface area contributed by atoms with E-state index in [0.717, 1.165) is 10.9 Å². The average molecular weight is 406 g/mol. The number of carboxylic acids is 1. The summed E-state index contributed by atoms with van der Waals surface area (Å²) in [5.41, 5.74) is 1.97. The molecule has 2 aromatic rings. The topological polar surface area (TPSA) is 109 Å². The molecule has 0 radical (unpaired) electrons. The maximum Gasteiger partial charge on any atom is 0.339 e. The number of nitrogens with one attached hydrogen (secondary N) is 1. The second kappa shape index (κ2) is 9.14. The summed E-state index contributed by atoms with van der Waals surface area (Å²) in [7, 11) is 0. The molecule has 0 aliphatic rings. The molecule has 1 N–H and O–H groups in total. The van der Waals surface area contributed by atoms with Gasteiger partial charge in [-0.1, -0.05) is 0 Å². The lowest BCUT2D eigenvalue weighted by Crippen LogP contribution is -2.51. The Morgan fingerprint density at radius 1 is 1.21 bits per heavy atom. The minimum Gasteiger partial charge on any atom is -0.548 e. The highest BCUT2D eigenvalue weighted by Gasteiger charge is 2.21. The first kappa shape index (κ1) is 21.8. The zero-order valence-electron chi connectivity index (χ0n) is 16.6. The summed E-state index contributed by atoms with van der Waals surface area (Å²) in [5, 5.41) is 14.4. The van der Waals surface area contributed by atoms with Gasteiger partial charge in [-0.25, -0.2) is 4.79 Å². The maximum atomic E-state index is 12.3. The Balaban J connectivity index is 2.22. The van der Waals surface area contributed by atoms with Crippen LogP contribution in [0.5, 0.6) is 5.75 Å². The molecule has 1 heterocycles. The van der Waals surface area contributed by atoms with Crippen molar-refractivity contribution in [1.29, 1.82) is 0 Å². The largest absolute Gasteiger partial charge is 0.548 e. The second-order valence-corrected chi connectivity index (χ2v) is 7.61. The van der Waals surface area contributed by atoms with Crippen LogP contribution in [0.3, 0.4) is 0 Å². The normalized spacial score (nSPS) is 13.2. The van der Waals surface area contributed by atoms with Crippen molar-refractivity contribution in [2.24, 2.45) is 0 Å². The zero-order chi connectivity index (χ0) is 21.0. The van der Waals surface area contributed by atoms with Crippen LogP contribution in [0, 0.1) is 20.8 Å². The van der Waals surface area contributed by atoms with Crippen LogP contribution in [-0.2, 0) is 9.59 Å².